The van der Waals surface area contributed by atoms with Gasteiger partial charge in [-0.15, -0.1) is 4.36 Å². The topological polar surface area (TPSA) is 131 Å². The smallest absolute Gasteiger partial charge is 0.354 e. The highest BCUT2D eigenvalue weighted by molar-refractivity contribution is 7.91. The summed E-state index contributed by atoms with van der Waals surface area (Å²) in [4.78, 5) is 21.6. The van der Waals surface area contributed by atoms with E-state index in [0.717, 1.165) is 66.7 Å². The van der Waals surface area contributed by atoms with Gasteiger partial charge in [0.25, 0.3) is 0 Å². The van der Waals surface area contributed by atoms with Crippen LogP contribution < -0.4 is 10.5 Å². The van der Waals surface area contributed by atoms with Gasteiger partial charge in [-0.25, -0.2) is 14.1 Å². The number of fused-ring (bicyclic) bond motifs is 2. The minimum absolute atomic E-state index is 0.130. The summed E-state index contributed by atoms with van der Waals surface area (Å²) in [6, 6.07) is 2.26. The first-order valence-electron chi connectivity index (χ1n) is 9.73. The van der Waals surface area contributed by atoms with Crippen LogP contribution in [0.4, 0.5) is 10.5 Å². The highest BCUT2D eigenvalue weighted by Gasteiger charge is 2.27. The van der Waals surface area contributed by atoms with Gasteiger partial charge in [0.1, 0.15) is 15.5 Å². The molecule has 0 saturated carbocycles. The second kappa shape index (κ2) is 7.16. The minimum atomic E-state index is -3.47. The largest absolute Gasteiger partial charge is 0.384 e. The molecule has 8 nitrogen and oxygen atoms in total. The molecule has 2 amide bonds. The van der Waals surface area contributed by atoms with E-state index in [4.69, 9.17) is 10.1 Å². The molecule has 1 atom stereocenters. The molecule has 0 unspecified atom stereocenters. The van der Waals surface area contributed by atoms with Gasteiger partial charge >= 0.3 is 6.03 Å². The molecule has 2 heterocycles. The standard InChI is InChI=1S/C20H25N5O3S/c1-20(2,27)17-10-9-12(11-22-17)29(21,28)25-19(26)24-18-13-5-3-7-15(13)23-16-8-4-6-14(16)18/h9-11,27H,3-8H2,1-2H3,(H3,21,23,24,25,26,28)/t29-/m1/s1. The van der Waals surface area contributed by atoms with Crippen LogP contribution in [0.25, 0.3) is 0 Å². The molecule has 0 aromatic carbocycles. The Morgan fingerprint density at radius 1 is 1.17 bits per heavy atom. The number of hydrogen-bond donors (Lipinski definition) is 3. The van der Waals surface area contributed by atoms with Crippen molar-refractivity contribution in [2.45, 2.75) is 62.9 Å². The average Bonchev–Trinajstić information content (AvgIpc) is 3.29. The van der Waals surface area contributed by atoms with Crippen molar-refractivity contribution in [1.82, 2.24) is 9.97 Å². The van der Waals surface area contributed by atoms with Crippen molar-refractivity contribution in [1.29, 1.82) is 0 Å². The van der Waals surface area contributed by atoms with E-state index < -0.39 is 21.5 Å². The van der Waals surface area contributed by atoms with Gasteiger partial charge in [-0.3, -0.25) is 9.97 Å². The van der Waals surface area contributed by atoms with Gasteiger partial charge in [0.05, 0.1) is 16.3 Å². The molecular formula is C20H25N5O3S. The number of carbonyl (C=O) groups is 1. The first kappa shape index (κ1) is 19.9. The van der Waals surface area contributed by atoms with E-state index in [-0.39, 0.29) is 4.90 Å². The third kappa shape index (κ3) is 3.90. The van der Waals surface area contributed by atoms with E-state index >= 15 is 0 Å². The molecule has 2 aliphatic rings. The van der Waals surface area contributed by atoms with E-state index in [9.17, 15) is 14.1 Å². The second-order valence-corrected chi connectivity index (χ2v) is 9.86. The summed E-state index contributed by atoms with van der Waals surface area (Å²) < 4.78 is 16.6. The van der Waals surface area contributed by atoms with Crippen molar-refractivity contribution in [3.05, 3.63) is 46.5 Å². The molecule has 0 radical (unpaired) electrons. The number of anilines is 1. The molecule has 0 fully saturated rings. The normalized spacial score (nSPS) is 17.4. The Hall–Kier alpha value is -2.36. The van der Waals surface area contributed by atoms with Gasteiger partial charge in [-0.1, -0.05) is 0 Å². The first-order valence-corrected chi connectivity index (χ1v) is 11.3. The number of nitrogens with two attached hydrogens (primary N) is 1. The summed E-state index contributed by atoms with van der Waals surface area (Å²) in [6.07, 6.45) is 6.87. The molecular weight excluding hydrogens is 390 g/mol. The Morgan fingerprint density at radius 2 is 1.79 bits per heavy atom. The Kier molecular flexibility index (Phi) is 4.92. The van der Waals surface area contributed by atoms with Gasteiger partial charge in [-0.2, -0.15) is 0 Å². The lowest BCUT2D eigenvalue weighted by Crippen LogP contribution is -2.21. The number of aryl methyl sites for hydroxylation is 2. The molecule has 0 aliphatic heterocycles. The van der Waals surface area contributed by atoms with Gasteiger partial charge in [0.15, 0.2) is 0 Å². The minimum Gasteiger partial charge on any atom is -0.384 e. The Labute approximate surface area is 170 Å². The summed E-state index contributed by atoms with van der Waals surface area (Å²) in [5, 5.41) is 18.7. The van der Waals surface area contributed by atoms with Gasteiger partial charge < -0.3 is 10.4 Å². The summed E-state index contributed by atoms with van der Waals surface area (Å²) in [6.45, 7) is 3.19. The summed E-state index contributed by atoms with van der Waals surface area (Å²) in [5.41, 5.74) is 4.26. The maximum atomic E-state index is 12.9. The maximum absolute atomic E-state index is 12.9. The Morgan fingerprint density at radius 3 is 2.31 bits per heavy atom. The molecule has 4 rings (SSSR count). The van der Waals surface area contributed by atoms with Crippen LogP contribution in [0.3, 0.4) is 0 Å². The van der Waals surface area contributed by atoms with Gasteiger partial charge in [0, 0.05) is 17.6 Å². The molecule has 0 spiro atoms. The lowest BCUT2D eigenvalue weighted by atomic mass is 10.1. The highest BCUT2D eigenvalue weighted by Crippen LogP contribution is 2.36. The molecule has 0 saturated heterocycles. The quantitative estimate of drug-likeness (QED) is 0.709. The zero-order valence-electron chi connectivity index (χ0n) is 16.6. The van der Waals surface area contributed by atoms with Crippen LogP contribution in [0.15, 0.2) is 27.6 Å². The fourth-order valence-corrected chi connectivity index (χ4v) is 4.82. The zero-order chi connectivity index (χ0) is 20.8. The number of urea groups is 1. The van der Waals surface area contributed by atoms with Gasteiger partial charge in [-0.05, 0) is 75.6 Å². The lowest BCUT2D eigenvalue weighted by Gasteiger charge is -2.16. The predicted molar refractivity (Wildman–Crippen MR) is 110 cm³/mol. The third-order valence-electron chi connectivity index (χ3n) is 5.40. The molecule has 2 aromatic heterocycles. The van der Waals surface area contributed by atoms with Crippen molar-refractivity contribution in [3.63, 3.8) is 0 Å². The fourth-order valence-electron chi connectivity index (χ4n) is 3.96. The number of hydrogen-bond acceptors (Lipinski definition) is 5. The van der Waals surface area contributed by atoms with Gasteiger partial charge in [0.2, 0.25) is 0 Å². The molecule has 2 aromatic rings. The van der Waals surface area contributed by atoms with Crippen molar-refractivity contribution >= 4 is 21.6 Å². The van der Waals surface area contributed by atoms with Crippen LogP contribution in [0.1, 0.15) is 54.9 Å². The summed E-state index contributed by atoms with van der Waals surface area (Å²) in [5.74, 6) is 0. The second-order valence-electron chi connectivity index (χ2n) is 8.07. The summed E-state index contributed by atoms with van der Waals surface area (Å²) in [7, 11) is -3.47. The lowest BCUT2D eigenvalue weighted by molar-refractivity contribution is 0.0737. The van der Waals surface area contributed by atoms with Crippen molar-refractivity contribution in [3.8, 4) is 0 Å². The Balaban J connectivity index is 1.63. The van der Waals surface area contributed by atoms with E-state index in [1.807, 2.05) is 0 Å². The van der Waals surface area contributed by atoms with Crippen LogP contribution in [-0.4, -0.2) is 25.3 Å². The first-order chi connectivity index (χ1) is 13.6. The zero-order valence-corrected chi connectivity index (χ0v) is 17.4. The van der Waals surface area contributed by atoms with E-state index in [0.29, 0.717) is 5.69 Å². The van der Waals surface area contributed by atoms with Crippen LogP contribution in [0, 0.1) is 0 Å². The van der Waals surface area contributed by atoms with Crippen molar-refractivity contribution in [2.24, 2.45) is 9.50 Å². The van der Waals surface area contributed by atoms with Crippen molar-refractivity contribution in [2.75, 3.05) is 5.32 Å². The van der Waals surface area contributed by atoms with Crippen molar-refractivity contribution < 1.29 is 14.1 Å². The SMILES string of the molecule is CC(C)(O)c1ccc([S@](N)(=O)=NC(=O)Nc2c3c(nc4c2CCC4)CCC3)cn1. The van der Waals surface area contributed by atoms with Crippen LogP contribution in [0.2, 0.25) is 0 Å². The molecule has 154 valence electrons. The fraction of sp³-hybridized carbons (Fsp3) is 0.450. The van der Waals surface area contributed by atoms with Crippen LogP contribution in [0.5, 0.6) is 0 Å². The summed E-state index contributed by atoms with van der Waals surface area (Å²) >= 11 is 0. The number of aromatic nitrogens is 2. The third-order valence-corrected chi connectivity index (χ3v) is 6.76. The molecule has 4 N–H and O–H groups in total. The Bertz CT molecular complexity index is 1060. The van der Waals surface area contributed by atoms with E-state index in [1.165, 1.54) is 18.3 Å². The monoisotopic (exact) mass is 415 g/mol. The number of nitrogens with one attached hydrogen (secondary N) is 1. The number of pyridine rings is 2. The maximum Gasteiger partial charge on any atom is 0.354 e. The molecule has 2 aliphatic carbocycles. The molecule has 9 heteroatoms. The number of amides is 2. The number of aliphatic hydroxyl groups is 1. The average molecular weight is 416 g/mol. The molecule has 29 heavy (non-hydrogen) atoms. The number of rotatable bonds is 3. The number of carbonyl (C=O) groups excluding carboxylic acids is 1. The molecule has 0 bridgehead atoms. The van der Waals surface area contributed by atoms with E-state index in [2.05, 4.69) is 14.7 Å². The van der Waals surface area contributed by atoms with Crippen LogP contribution in [-0.2, 0) is 41.2 Å². The van der Waals surface area contributed by atoms with Crippen LogP contribution >= 0.6 is 0 Å². The number of nitrogens with zero attached hydrogens (tertiary/aromatic N) is 3. The predicted octanol–water partition coefficient (Wildman–Crippen LogP) is 2.61. The highest BCUT2D eigenvalue weighted by atomic mass is 32.2. The van der Waals surface area contributed by atoms with E-state index in [1.54, 1.807) is 13.8 Å².